The van der Waals surface area contributed by atoms with Crippen molar-refractivity contribution in [2.24, 2.45) is 0 Å². The number of carboxylic acid groups (broad SMARTS) is 1. The number of hydrogen-bond acceptors (Lipinski definition) is 2. The van der Waals surface area contributed by atoms with Crippen molar-refractivity contribution >= 4 is 27.9 Å². The quantitative estimate of drug-likeness (QED) is 0.600. The summed E-state index contributed by atoms with van der Waals surface area (Å²) in [5.41, 5.74) is 3.53. The van der Waals surface area contributed by atoms with Crippen molar-refractivity contribution in [1.29, 1.82) is 0 Å². The number of benzene rings is 2. The molecule has 4 heteroatoms. The van der Waals surface area contributed by atoms with Crippen LogP contribution in [0.15, 0.2) is 67.0 Å². The summed E-state index contributed by atoms with van der Waals surface area (Å²) in [6, 6.07) is 17.7. The summed E-state index contributed by atoms with van der Waals surface area (Å²) in [4.78, 5) is 16.0. The van der Waals surface area contributed by atoms with Crippen LogP contribution in [0.3, 0.4) is 0 Å². The Labute approximate surface area is 132 Å². The average Bonchev–Trinajstić information content (AvgIpc) is 2.91. The molecule has 0 radical (unpaired) electrons. The Morgan fingerprint density at radius 3 is 2.48 bits per heavy atom. The predicted octanol–water partition coefficient (Wildman–Crippen LogP) is 4.31. The van der Waals surface area contributed by atoms with Gasteiger partial charge in [0.1, 0.15) is 0 Å². The summed E-state index contributed by atoms with van der Waals surface area (Å²) < 4.78 is 1.31. The second-order valence-electron chi connectivity index (χ2n) is 5.49. The van der Waals surface area contributed by atoms with Crippen LogP contribution in [0, 0.1) is 0 Å². The first-order chi connectivity index (χ1) is 11.3. The maximum atomic E-state index is 11.7. The fraction of sp³-hybridized carbons (Fsp3) is 0.0526. The van der Waals surface area contributed by atoms with E-state index in [4.69, 9.17) is 0 Å². The molecule has 0 unspecified atom stereocenters. The summed E-state index contributed by atoms with van der Waals surface area (Å²) in [5.74, 6) is 0. The molecule has 0 saturated heterocycles. The minimum atomic E-state index is -0.991. The molecule has 2 aromatic carbocycles. The fourth-order valence-corrected chi connectivity index (χ4v) is 3.14. The molecule has 0 amide bonds. The zero-order chi connectivity index (χ0) is 15.8. The molecule has 0 bridgehead atoms. The van der Waals surface area contributed by atoms with Crippen LogP contribution in [0.2, 0.25) is 0 Å². The molecule has 0 spiro atoms. The van der Waals surface area contributed by atoms with E-state index in [1.807, 2.05) is 48.7 Å². The standard InChI is InChI=1S/C19H14N2O2/c22-19(23)21-16-9-5-4-8-15(16)18-14(11-20-12-17(18)21)10-13-6-2-1-3-7-13/h1-9,11-12H,10H2,(H,22,23). The van der Waals surface area contributed by atoms with Crippen LogP contribution in [0.4, 0.5) is 4.79 Å². The molecule has 0 aliphatic heterocycles. The van der Waals surface area contributed by atoms with Gasteiger partial charge in [-0.25, -0.2) is 9.36 Å². The monoisotopic (exact) mass is 302 g/mol. The molecule has 0 aliphatic rings. The minimum absolute atomic E-state index is 0.632. The van der Waals surface area contributed by atoms with Gasteiger partial charge in [0.2, 0.25) is 0 Å². The van der Waals surface area contributed by atoms with Gasteiger partial charge in [-0.1, -0.05) is 48.5 Å². The number of nitrogens with zero attached hydrogens (tertiary/aromatic N) is 2. The van der Waals surface area contributed by atoms with Crippen molar-refractivity contribution in [2.75, 3.05) is 0 Å². The molecule has 0 atom stereocenters. The van der Waals surface area contributed by atoms with E-state index in [1.54, 1.807) is 6.20 Å². The van der Waals surface area contributed by atoms with Crippen LogP contribution in [0.25, 0.3) is 21.8 Å². The molecule has 112 valence electrons. The highest BCUT2D eigenvalue weighted by Gasteiger charge is 2.17. The van der Waals surface area contributed by atoms with Crippen LogP contribution in [-0.2, 0) is 6.42 Å². The lowest BCUT2D eigenvalue weighted by Gasteiger charge is -2.04. The van der Waals surface area contributed by atoms with E-state index in [0.29, 0.717) is 11.0 Å². The molecule has 1 N–H and O–H groups in total. The Bertz CT molecular complexity index is 1020. The number of hydrogen-bond donors (Lipinski definition) is 1. The fourth-order valence-electron chi connectivity index (χ4n) is 3.14. The average molecular weight is 302 g/mol. The smallest absolute Gasteiger partial charge is 0.416 e. The number of pyridine rings is 1. The van der Waals surface area contributed by atoms with Gasteiger partial charge in [0.15, 0.2) is 0 Å². The second-order valence-corrected chi connectivity index (χ2v) is 5.49. The van der Waals surface area contributed by atoms with Crippen molar-refractivity contribution in [3.63, 3.8) is 0 Å². The highest BCUT2D eigenvalue weighted by Crippen LogP contribution is 2.31. The van der Waals surface area contributed by atoms with E-state index < -0.39 is 6.09 Å². The number of rotatable bonds is 2. The van der Waals surface area contributed by atoms with E-state index in [9.17, 15) is 9.90 Å². The summed E-state index contributed by atoms with van der Waals surface area (Å²) in [5, 5.41) is 11.5. The lowest BCUT2D eigenvalue weighted by molar-refractivity contribution is 0.198. The van der Waals surface area contributed by atoms with Crippen molar-refractivity contribution in [3.05, 3.63) is 78.1 Å². The predicted molar refractivity (Wildman–Crippen MR) is 89.9 cm³/mol. The third-order valence-electron chi connectivity index (χ3n) is 4.09. The molecule has 2 aromatic heterocycles. The van der Waals surface area contributed by atoms with Crippen molar-refractivity contribution in [1.82, 2.24) is 9.55 Å². The Hall–Kier alpha value is -3.14. The van der Waals surface area contributed by atoms with E-state index in [-0.39, 0.29) is 0 Å². The molecule has 2 heterocycles. The third kappa shape index (κ3) is 2.16. The number of para-hydroxylation sites is 1. The first-order valence-electron chi connectivity index (χ1n) is 7.39. The number of fused-ring (bicyclic) bond motifs is 3. The second kappa shape index (κ2) is 5.25. The van der Waals surface area contributed by atoms with Crippen molar-refractivity contribution < 1.29 is 9.90 Å². The summed E-state index contributed by atoms with van der Waals surface area (Å²) in [6.45, 7) is 0. The SMILES string of the molecule is O=C(O)n1c2ccccc2c2c(Cc3ccccc3)cncc21. The largest absolute Gasteiger partial charge is 0.464 e. The van der Waals surface area contributed by atoms with Crippen LogP contribution >= 0.6 is 0 Å². The minimum Gasteiger partial charge on any atom is -0.464 e. The van der Waals surface area contributed by atoms with E-state index >= 15 is 0 Å². The lowest BCUT2D eigenvalue weighted by atomic mass is 10.0. The molecule has 0 aliphatic carbocycles. The Balaban J connectivity index is 2.03. The van der Waals surface area contributed by atoms with Gasteiger partial charge >= 0.3 is 6.09 Å². The molecular weight excluding hydrogens is 288 g/mol. The first-order valence-corrected chi connectivity index (χ1v) is 7.39. The normalized spacial score (nSPS) is 11.1. The Morgan fingerprint density at radius 1 is 0.957 bits per heavy atom. The lowest BCUT2D eigenvalue weighted by Crippen LogP contribution is -2.07. The van der Waals surface area contributed by atoms with Crippen LogP contribution < -0.4 is 0 Å². The van der Waals surface area contributed by atoms with Gasteiger partial charge in [0.25, 0.3) is 0 Å². The molecular formula is C19H14N2O2. The maximum absolute atomic E-state index is 11.7. The molecule has 23 heavy (non-hydrogen) atoms. The highest BCUT2D eigenvalue weighted by atomic mass is 16.4. The van der Waals surface area contributed by atoms with Gasteiger partial charge in [0, 0.05) is 17.0 Å². The summed E-state index contributed by atoms with van der Waals surface area (Å²) >= 11 is 0. The Kier molecular flexibility index (Phi) is 3.08. The molecule has 4 nitrogen and oxygen atoms in total. The molecule has 4 aromatic rings. The molecule has 0 saturated carbocycles. The van der Waals surface area contributed by atoms with Gasteiger partial charge < -0.3 is 5.11 Å². The summed E-state index contributed by atoms with van der Waals surface area (Å²) in [6.07, 6.45) is 3.18. The van der Waals surface area contributed by atoms with Crippen LogP contribution in [0.1, 0.15) is 11.1 Å². The van der Waals surface area contributed by atoms with Crippen LogP contribution in [-0.4, -0.2) is 20.8 Å². The van der Waals surface area contributed by atoms with Crippen molar-refractivity contribution in [2.45, 2.75) is 6.42 Å². The van der Waals surface area contributed by atoms with Gasteiger partial charge in [-0.05, 0) is 23.6 Å². The Morgan fingerprint density at radius 2 is 1.70 bits per heavy atom. The highest BCUT2D eigenvalue weighted by molar-refractivity contribution is 6.13. The molecule has 4 rings (SSSR count). The molecule has 0 fully saturated rings. The van der Waals surface area contributed by atoms with Crippen molar-refractivity contribution in [3.8, 4) is 0 Å². The van der Waals surface area contributed by atoms with E-state index in [0.717, 1.165) is 22.8 Å². The first kappa shape index (κ1) is 13.5. The van der Waals surface area contributed by atoms with Gasteiger partial charge in [-0.15, -0.1) is 0 Å². The maximum Gasteiger partial charge on any atom is 0.416 e. The van der Waals surface area contributed by atoms with E-state index in [1.165, 1.54) is 10.1 Å². The number of carbonyl (C=O) groups is 1. The van der Waals surface area contributed by atoms with Gasteiger partial charge in [-0.2, -0.15) is 0 Å². The zero-order valence-corrected chi connectivity index (χ0v) is 12.3. The van der Waals surface area contributed by atoms with Crippen LogP contribution in [0.5, 0.6) is 0 Å². The number of aromatic nitrogens is 2. The third-order valence-corrected chi connectivity index (χ3v) is 4.09. The summed E-state index contributed by atoms with van der Waals surface area (Å²) in [7, 11) is 0. The zero-order valence-electron chi connectivity index (χ0n) is 12.3. The topological polar surface area (TPSA) is 55.1 Å². The van der Waals surface area contributed by atoms with Gasteiger partial charge in [0.05, 0.1) is 17.2 Å². The van der Waals surface area contributed by atoms with E-state index in [2.05, 4.69) is 17.1 Å². The van der Waals surface area contributed by atoms with Gasteiger partial charge in [-0.3, -0.25) is 4.98 Å².